The maximum atomic E-state index is 4.81. The Morgan fingerprint density at radius 2 is 0.696 bits per heavy atom. The molecule has 0 aromatic heterocycles. The van der Waals surface area contributed by atoms with Crippen LogP contribution < -0.4 is 9.80 Å². The molecule has 6 rings (SSSR count). The van der Waals surface area contributed by atoms with E-state index in [1.807, 2.05) is 38.1 Å². The number of aliphatic imine (C=N–C) groups is 2. The van der Waals surface area contributed by atoms with E-state index in [1.165, 1.54) is 0 Å². The van der Waals surface area contributed by atoms with E-state index in [9.17, 15) is 0 Å². The molecular weight excluding hydrogens is 560 g/mol. The molecule has 4 nitrogen and oxygen atoms in total. The fraction of sp³-hybridized carbons (Fsp3) is 0.0476. The first-order valence-electron chi connectivity index (χ1n) is 15.4. The number of anilines is 6. The standard InChI is InChI=1S/C42H36N4/c1-32(35-24-28-41(29-25-35)45(37-16-8-4-9-17-37)38-18-10-5-11-19-38)43-34(3)44-33(2)36-26-30-42(31-27-36)46(39-20-12-6-13-21-39)40-22-14-7-15-23-40/h4-31H,1H2,2-3H3. The van der Waals surface area contributed by atoms with E-state index in [-0.39, 0.29) is 0 Å². The Balaban J connectivity index is 1.19. The molecule has 0 saturated heterocycles. The van der Waals surface area contributed by atoms with Crippen LogP contribution in [0, 0.1) is 0 Å². The predicted molar refractivity (Wildman–Crippen MR) is 197 cm³/mol. The lowest BCUT2D eigenvalue weighted by molar-refractivity contribution is 1.28. The van der Waals surface area contributed by atoms with Gasteiger partial charge in [0.1, 0.15) is 5.84 Å². The highest BCUT2D eigenvalue weighted by Crippen LogP contribution is 2.35. The van der Waals surface area contributed by atoms with Crippen LogP contribution in [-0.4, -0.2) is 11.5 Å². The van der Waals surface area contributed by atoms with E-state index in [4.69, 9.17) is 9.98 Å². The predicted octanol–water partition coefficient (Wildman–Crippen LogP) is 11.5. The molecule has 0 atom stereocenters. The zero-order valence-electron chi connectivity index (χ0n) is 26.2. The van der Waals surface area contributed by atoms with Crippen molar-refractivity contribution in [2.45, 2.75) is 13.8 Å². The van der Waals surface area contributed by atoms with Gasteiger partial charge < -0.3 is 9.80 Å². The Morgan fingerprint density at radius 1 is 0.391 bits per heavy atom. The zero-order chi connectivity index (χ0) is 31.7. The van der Waals surface area contributed by atoms with Gasteiger partial charge in [0, 0.05) is 39.8 Å². The summed E-state index contributed by atoms with van der Waals surface area (Å²) in [7, 11) is 0. The average molecular weight is 597 g/mol. The molecule has 0 radical (unpaired) electrons. The van der Waals surface area contributed by atoms with Gasteiger partial charge in [0.2, 0.25) is 0 Å². The van der Waals surface area contributed by atoms with Gasteiger partial charge in [0.15, 0.2) is 0 Å². The molecule has 0 heterocycles. The monoisotopic (exact) mass is 596 g/mol. The number of nitrogens with zero attached hydrogens (tertiary/aromatic N) is 4. The lowest BCUT2D eigenvalue weighted by Crippen LogP contribution is -2.10. The fourth-order valence-corrected chi connectivity index (χ4v) is 5.45. The molecule has 4 heteroatoms. The van der Waals surface area contributed by atoms with Crippen LogP contribution >= 0.6 is 0 Å². The second-order valence-electron chi connectivity index (χ2n) is 10.9. The van der Waals surface area contributed by atoms with E-state index in [2.05, 4.69) is 162 Å². The summed E-state index contributed by atoms with van der Waals surface area (Å²) in [6, 6.07) is 58.4. The highest BCUT2D eigenvalue weighted by atomic mass is 15.1. The molecule has 0 saturated carbocycles. The van der Waals surface area contributed by atoms with Gasteiger partial charge in [-0.15, -0.1) is 0 Å². The number of rotatable bonds is 9. The minimum atomic E-state index is 0.654. The van der Waals surface area contributed by atoms with E-state index in [0.29, 0.717) is 11.5 Å². The number of hydrogen-bond acceptors (Lipinski definition) is 3. The summed E-state index contributed by atoms with van der Waals surface area (Å²) in [5.74, 6) is 0.654. The minimum Gasteiger partial charge on any atom is -0.311 e. The molecule has 0 spiro atoms. The molecule has 0 aliphatic carbocycles. The summed E-state index contributed by atoms with van der Waals surface area (Å²) in [5, 5.41) is 0. The van der Waals surface area contributed by atoms with Crippen LogP contribution in [0.2, 0.25) is 0 Å². The quantitative estimate of drug-likeness (QED) is 0.123. The molecule has 224 valence electrons. The summed E-state index contributed by atoms with van der Waals surface area (Å²) in [5.41, 5.74) is 10.1. The number of benzene rings is 6. The third kappa shape index (κ3) is 7.03. The maximum Gasteiger partial charge on any atom is 0.126 e. The fourth-order valence-electron chi connectivity index (χ4n) is 5.45. The Hall–Kier alpha value is -6.00. The van der Waals surface area contributed by atoms with Gasteiger partial charge >= 0.3 is 0 Å². The largest absolute Gasteiger partial charge is 0.311 e. The molecule has 0 bridgehead atoms. The van der Waals surface area contributed by atoms with Crippen LogP contribution in [0.5, 0.6) is 0 Å². The summed E-state index contributed by atoms with van der Waals surface area (Å²) >= 11 is 0. The molecule has 0 amide bonds. The molecular formula is C42H36N4. The maximum absolute atomic E-state index is 4.81. The van der Waals surface area contributed by atoms with E-state index < -0.39 is 0 Å². The Kier molecular flexibility index (Phi) is 9.27. The third-order valence-corrected chi connectivity index (χ3v) is 7.69. The van der Waals surface area contributed by atoms with Crippen molar-refractivity contribution in [1.29, 1.82) is 0 Å². The van der Waals surface area contributed by atoms with Crippen molar-refractivity contribution in [3.63, 3.8) is 0 Å². The lowest BCUT2D eigenvalue weighted by atomic mass is 10.1. The van der Waals surface area contributed by atoms with Gasteiger partial charge in [0.05, 0.1) is 5.70 Å². The number of para-hydroxylation sites is 4. The zero-order valence-corrected chi connectivity index (χ0v) is 26.2. The molecule has 0 aliphatic heterocycles. The van der Waals surface area contributed by atoms with E-state index in [0.717, 1.165) is 51.0 Å². The first-order chi connectivity index (χ1) is 22.6. The van der Waals surface area contributed by atoms with Crippen LogP contribution in [0.25, 0.3) is 5.70 Å². The SMILES string of the molecule is C=C(N=C(C)N=C(C)c1ccc(N(c2ccccc2)c2ccccc2)cc1)c1ccc(N(c2ccccc2)c2ccccc2)cc1. The summed E-state index contributed by atoms with van der Waals surface area (Å²) < 4.78 is 0. The molecule has 0 N–H and O–H groups in total. The Bertz CT molecular complexity index is 1850. The topological polar surface area (TPSA) is 31.2 Å². The number of hydrogen-bond donors (Lipinski definition) is 0. The van der Waals surface area contributed by atoms with Crippen LogP contribution in [0.3, 0.4) is 0 Å². The Morgan fingerprint density at radius 3 is 1.04 bits per heavy atom. The molecule has 0 fully saturated rings. The highest BCUT2D eigenvalue weighted by molar-refractivity contribution is 6.06. The van der Waals surface area contributed by atoms with Gasteiger partial charge in [0.25, 0.3) is 0 Å². The second kappa shape index (κ2) is 14.2. The third-order valence-electron chi connectivity index (χ3n) is 7.69. The van der Waals surface area contributed by atoms with Crippen molar-refractivity contribution in [3.05, 3.63) is 188 Å². The van der Waals surface area contributed by atoms with Gasteiger partial charge in [-0.1, -0.05) is 104 Å². The minimum absolute atomic E-state index is 0.654. The first kappa shape index (κ1) is 30.0. The van der Waals surface area contributed by atoms with Crippen LogP contribution in [0.1, 0.15) is 25.0 Å². The van der Waals surface area contributed by atoms with Crippen molar-refractivity contribution in [1.82, 2.24) is 0 Å². The van der Waals surface area contributed by atoms with Gasteiger partial charge in [-0.05, 0) is 97.8 Å². The van der Waals surface area contributed by atoms with Crippen LogP contribution in [0.4, 0.5) is 34.1 Å². The van der Waals surface area contributed by atoms with Crippen molar-refractivity contribution in [2.75, 3.05) is 9.80 Å². The second-order valence-corrected chi connectivity index (χ2v) is 10.9. The smallest absolute Gasteiger partial charge is 0.126 e. The number of amidine groups is 1. The van der Waals surface area contributed by atoms with Crippen molar-refractivity contribution in [2.24, 2.45) is 9.98 Å². The van der Waals surface area contributed by atoms with Gasteiger partial charge in [-0.2, -0.15) is 0 Å². The van der Waals surface area contributed by atoms with E-state index >= 15 is 0 Å². The Labute approximate surface area is 272 Å². The molecule has 0 aliphatic rings. The summed E-state index contributed by atoms with van der Waals surface area (Å²) in [6.07, 6.45) is 0. The van der Waals surface area contributed by atoms with Crippen LogP contribution in [0.15, 0.2) is 186 Å². The molecule has 6 aromatic rings. The first-order valence-corrected chi connectivity index (χ1v) is 15.4. The summed E-state index contributed by atoms with van der Waals surface area (Å²) in [6.45, 7) is 8.18. The lowest BCUT2D eigenvalue weighted by Gasteiger charge is -2.25. The van der Waals surface area contributed by atoms with Crippen LogP contribution in [-0.2, 0) is 0 Å². The van der Waals surface area contributed by atoms with Crippen molar-refractivity contribution < 1.29 is 0 Å². The van der Waals surface area contributed by atoms with E-state index in [1.54, 1.807) is 0 Å². The van der Waals surface area contributed by atoms with Gasteiger partial charge in [-0.25, -0.2) is 9.98 Å². The van der Waals surface area contributed by atoms with Gasteiger partial charge in [-0.3, -0.25) is 0 Å². The average Bonchev–Trinajstić information content (AvgIpc) is 3.11. The van der Waals surface area contributed by atoms with Crippen molar-refractivity contribution in [3.8, 4) is 0 Å². The summed E-state index contributed by atoms with van der Waals surface area (Å²) in [4.78, 5) is 14.0. The molecule has 6 aromatic carbocycles. The molecule has 46 heavy (non-hydrogen) atoms. The highest BCUT2D eigenvalue weighted by Gasteiger charge is 2.13. The molecule has 0 unspecified atom stereocenters. The van der Waals surface area contributed by atoms with Crippen molar-refractivity contribution >= 4 is 51.4 Å². The normalized spacial score (nSPS) is 11.6.